The molecule has 0 radical (unpaired) electrons. The number of hydrogen-bond acceptors (Lipinski definition) is 5. The molecule has 110 valence electrons. The Kier molecular flexibility index (Phi) is 4.62. The van der Waals surface area contributed by atoms with Crippen LogP contribution in [0.1, 0.15) is 30.7 Å². The predicted molar refractivity (Wildman–Crippen MR) is 73.6 cm³/mol. The van der Waals surface area contributed by atoms with Crippen molar-refractivity contribution in [2.75, 3.05) is 7.11 Å². The molecule has 1 aliphatic rings. The molecule has 0 unspecified atom stereocenters. The maximum Gasteiger partial charge on any atom is 0.382 e. The first kappa shape index (κ1) is 15.1. The van der Waals surface area contributed by atoms with Crippen molar-refractivity contribution < 1.29 is 23.9 Å². The minimum Gasteiger partial charge on any atom is -0.463 e. The lowest BCUT2D eigenvalue weighted by atomic mass is 9.74. The van der Waals surface area contributed by atoms with Gasteiger partial charge in [-0.15, -0.1) is 0 Å². The standard InChI is InChI=1S/C16H16O5/c1-21-16(20)15(19)14(18)12-9-5-8-11(13(12)17)10-6-3-2-4-7-10/h2-4,6-7,11-12H,5,8-9H2,1H3/t11-,12-/m1/s1. The maximum absolute atomic E-state index is 12.5. The molecule has 0 aliphatic heterocycles. The number of benzene rings is 1. The fourth-order valence-corrected chi connectivity index (χ4v) is 2.68. The summed E-state index contributed by atoms with van der Waals surface area (Å²) in [5.41, 5.74) is 0.838. The molecule has 0 heterocycles. The maximum atomic E-state index is 12.5. The van der Waals surface area contributed by atoms with E-state index in [2.05, 4.69) is 4.74 Å². The van der Waals surface area contributed by atoms with Crippen LogP contribution in [0.5, 0.6) is 0 Å². The third-order valence-electron chi connectivity index (χ3n) is 3.79. The van der Waals surface area contributed by atoms with Crippen molar-refractivity contribution >= 4 is 23.3 Å². The topological polar surface area (TPSA) is 77.5 Å². The van der Waals surface area contributed by atoms with Crippen LogP contribution in [0.15, 0.2) is 30.3 Å². The smallest absolute Gasteiger partial charge is 0.382 e. The molecule has 5 heteroatoms. The molecule has 0 bridgehead atoms. The number of ketones is 3. The molecular weight excluding hydrogens is 272 g/mol. The molecule has 1 fully saturated rings. The number of esters is 1. The fourth-order valence-electron chi connectivity index (χ4n) is 2.68. The Morgan fingerprint density at radius 3 is 2.38 bits per heavy atom. The number of Topliss-reactive ketones (excluding diaryl/α,β-unsaturated/α-hetero) is 3. The Morgan fingerprint density at radius 1 is 1.10 bits per heavy atom. The van der Waals surface area contributed by atoms with Gasteiger partial charge in [0.1, 0.15) is 0 Å². The Morgan fingerprint density at radius 2 is 1.76 bits per heavy atom. The van der Waals surface area contributed by atoms with Gasteiger partial charge in [0.2, 0.25) is 5.78 Å². The van der Waals surface area contributed by atoms with Crippen molar-refractivity contribution in [1.82, 2.24) is 0 Å². The van der Waals surface area contributed by atoms with E-state index in [-0.39, 0.29) is 11.7 Å². The molecule has 1 aliphatic carbocycles. The zero-order valence-corrected chi connectivity index (χ0v) is 11.7. The number of carbonyl (C=O) groups is 4. The van der Waals surface area contributed by atoms with Crippen LogP contribution in [-0.2, 0) is 23.9 Å². The third kappa shape index (κ3) is 3.07. The molecule has 1 saturated carbocycles. The Balaban J connectivity index is 2.19. The minimum absolute atomic E-state index is 0.283. The van der Waals surface area contributed by atoms with E-state index in [0.29, 0.717) is 19.3 Å². The number of ether oxygens (including phenoxy) is 1. The molecular formula is C16H16O5. The largest absolute Gasteiger partial charge is 0.463 e. The van der Waals surface area contributed by atoms with E-state index in [0.717, 1.165) is 12.7 Å². The van der Waals surface area contributed by atoms with Crippen molar-refractivity contribution in [3.8, 4) is 0 Å². The van der Waals surface area contributed by atoms with E-state index in [9.17, 15) is 19.2 Å². The van der Waals surface area contributed by atoms with Gasteiger partial charge in [0.15, 0.2) is 5.78 Å². The van der Waals surface area contributed by atoms with Gasteiger partial charge >= 0.3 is 11.8 Å². The van der Waals surface area contributed by atoms with Gasteiger partial charge in [-0.2, -0.15) is 0 Å². The van der Waals surface area contributed by atoms with Crippen molar-refractivity contribution in [3.63, 3.8) is 0 Å². The molecule has 0 amide bonds. The Labute approximate surface area is 122 Å². The van der Waals surface area contributed by atoms with E-state index in [4.69, 9.17) is 0 Å². The second-order valence-electron chi connectivity index (χ2n) is 5.03. The highest BCUT2D eigenvalue weighted by molar-refractivity contribution is 6.63. The van der Waals surface area contributed by atoms with Crippen molar-refractivity contribution in [2.24, 2.45) is 5.92 Å². The van der Waals surface area contributed by atoms with Gasteiger partial charge < -0.3 is 4.74 Å². The van der Waals surface area contributed by atoms with Crippen LogP contribution < -0.4 is 0 Å². The Bertz CT molecular complexity index is 576. The molecule has 1 aromatic carbocycles. The van der Waals surface area contributed by atoms with E-state index in [1.165, 1.54) is 0 Å². The van der Waals surface area contributed by atoms with E-state index >= 15 is 0 Å². The van der Waals surface area contributed by atoms with Crippen LogP contribution in [0.2, 0.25) is 0 Å². The first-order chi connectivity index (χ1) is 10.1. The summed E-state index contributed by atoms with van der Waals surface area (Å²) in [6.07, 6.45) is 1.62. The molecule has 21 heavy (non-hydrogen) atoms. The fraction of sp³-hybridized carbons (Fsp3) is 0.375. The molecule has 1 aromatic rings. The highest BCUT2D eigenvalue weighted by atomic mass is 16.5. The zero-order chi connectivity index (χ0) is 15.4. The minimum atomic E-state index is -1.25. The van der Waals surface area contributed by atoms with Crippen LogP contribution in [0, 0.1) is 5.92 Å². The number of carbonyl (C=O) groups excluding carboxylic acids is 4. The van der Waals surface area contributed by atoms with Gasteiger partial charge in [0, 0.05) is 5.92 Å². The number of rotatable bonds is 4. The monoisotopic (exact) mass is 288 g/mol. The normalized spacial score (nSPS) is 21.7. The zero-order valence-electron chi connectivity index (χ0n) is 11.7. The quantitative estimate of drug-likeness (QED) is 0.476. The van der Waals surface area contributed by atoms with Crippen LogP contribution in [0.25, 0.3) is 0 Å². The number of methoxy groups -OCH3 is 1. The summed E-state index contributed by atoms with van der Waals surface area (Å²) in [6.45, 7) is 0. The average Bonchev–Trinajstić information content (AvgIpc) is 2.53. The van der Waals surface area contributed by atoms with Gasteiger partial charge in [-0.25, -0.2) is 4.79 Å². The summed E-state index contributed by atoms with van der Waals surface area (Å²) < 4.78 is 4.25. The summed E-state index contributed by atoms with van der Waals surface area (Å²) >= 11 is 0. The highest BCUT2D eigenvalue weighted by Gasteiger charge is 2.40. The first-order valence-corrected chi connectivity index (χ1v) is 6.81. The van der Waals surface area contributed by atoms with Gasteiger partial charge in [0.25, 0.3) is 0 Å². The van der Waals surface area contributed by atoms with Crippen LogP contribution >= 0.6 is 0 Å². The average molecular weight is 288 g/mol. The van der Waals surface area contributed by atoms with Gasteiger partial charge in [-0.1, -0.05) is 36.8 Å². The van der Waals surface area contributed by atoms with Gasteiger partial charge in [-0.05, 0) is 18.4 Å². The highest BCUT2D eigenvalue weighted by Crippen LogP contribution is 2.33. The molecule has 0 saturated heterocycles. The summed E-state index contributed by atoms with van der Waals surface area (Å²) in [7, 11) is 1.03. The van der Waals surface area contributed by atoms with Gasteiger partial charge in [0.05, 0.1) is 13.0 Å². The SMILES string of the molecule is COC(=O)C(=O)C(=O)[C@@H]1CCC[C@H](c2ccccc2)C1=O. The second kappa shape index (κ2) is 6.43. The molecule has 2 rings (SSSR count). The molecule has 0 N–H and O–H groups in total. The van der Waals surface area contributed by atoms with E-state index < -0.39 is 23.5 Å². The number of hydrogen-bond donors (Lipinski definition) is 0. The van der Waals surface area contributed by atoms with Crippen molar-refractivity contribution in [1.29, 1.82) is 0 Å². The summed E-state index contributed by atoms with van der Waals surface area (Å²) in [5.74, 6) is -5.11. The van der Waals surface area contributed by atoms with Crippen LogP contribution in [0.3, 0.4) is 0 Å². The van der Waals surface area contributed by atoms with E-state index in [1.54, 1.807) is 0 Å². The van der Waals surface area contributed by atoms with Crippen molar-refractivity contribution in [2.45, 2.75) is 25.2 Å². The van der Waals surface area contributed by atoms with Crippen LogP contribution in [-0.4, -0.2) is 30.4 Å². The third-order valence-corrected chi connectivity index (χ3v) is 3.79. The van der Waals surface area contributed by atoms with Crippen LogP contribution in [0.4, 0.5) is 0 Å². The molecule has 0 aromatic heterocycles. The van der Waals surface area contributed by atoms with Gasteiger partial charge in [-0.3, -0.25) is 14.4 Å². The molecule has 0 spiro atoms. The Hall–Kier alpha value is -2.30. The summed E-state index contributed by atoms with van der Waals surface area (Å²) in [6, 6.07) is 9.16. The second-order valence-corrected chi connectivity index (χ2v) is 5.03. The first-order valence-electron chi connectivity index (χ1n) is 6.81. The molecule has 5 nitrogen and oxygen atoms in total. The van der Waals surface area contributed by atoms with E-state index in [1.807, 2.05) is 30.3 Å². The summed E-state index contributed by atoms with van der Waals surface area (Å²) in [4.78, 5) is 47.2. The lowest BCUT2D eigenvalue weighted by Gasteiger charge is -2.26. The lowest BCUT2D eigenvalue weighted by Crippen LogP contribution is -2.39. The predicted octanol–water partition coefficient (Wildman–Crippen LogP) is 1.45. The van der Waals surface area contributed by atoms with Crippen molar-refractivity contribution in [3.05, 3.63) is 35.9 Å². The molecule has 2 atom stereocenters. The summed E-state index contributed by atoms with van der Waals surface area (Å²) in [5, 5.41) is 0. The lowest BCUT2D eigenvalue weighted by molar-refractivity contribution is -0.156.